The van der Waals surface area contributed by atoms with E-state index in [1.54, 1.807) is 0 Å². The Hall–Kier alpha value is -1.37. The molecule has 0 fully saturated rings. The van der Waals surface area contributed by atoms with Crippen LogP contribution in [0, 0.1) is 0 Å². The maximum Gasteiger partial charge on any atom is 0.146 e. The summed E-state index contributed by atoms with van der Waals surface area (Å²) in [7, 11) is 0. The Morgan fingerprint density at radius 1 is 1.25 bits per heavy atom. The summed E-state index contributed by atoms with van der Waals surface area (Å²) in [5.74, 6) is 0. The molecule has 0 saturated carbocycles. The molecule has 0 unspecified atom stereocenters. The van der Waals surface area contributed by atoms with E-state index in [1.807, 2.05) is 0 Å². The minimum atomic E-state index is -0.419. The topological polar surface area (TPSA) is 17.1 Å². The molecule has 1 heteroatoms. The molecule has 0 aliphatic heterocycles. The molecule has 0 saturated heterocycles. The number of hydrogen-bond donors (Lipinski definition) is 0. The number of carbonyl (C=O) groups excluding carboxylic acids is 1. The van der Waals surface area contributed by atoms with Crippen LogP contribution in [0.2, 0.25) is 0 Å². The minimum Gasteiger partial charge on any atom is -0.298 e. The Morgan fingerprint density at radius 2 is 2.00 bits per heavy atom. The van der Waals surface area contributed by atoms with Crippen LogP contribution in [-0.4, -0.2) is 6.29 Å². The van der Waals surface area contributed by atoms with Crippen molar-refractivity contribution in [2.24, 2.45) is 0 Å². The molecule has 1 rings (SSSR count). The first kappa shape index (κ1) is 7.05. The zero-order valence-electron chi connectivity index (χ0n) is 14.6. The maximum absolute atomic E-state index is 11.1. The van der Waals surface area contributed by atoms with E-state index < -0.39 is 6.04 Å². The number of unbranched alkanes of at least 4 members (excludes halogenated alkanes) is 3. The summed E-state index contributed by atoms with van der Waals surface area (Å²) in [6.45, 7) is 2.10. The lowest BCUT2D eigenvalue weighted by Crippen LogP contribution is -1.86. The largest absolute Gasteiger partial charge is 0.298 e. The average molecular weight is 221 g/mol. The molecule has 0 aliphatic carbocycles. The van der Waals surface area contributed by atoms with Gasteiger partial charge < -0.3 is 0 Å². The standard InChI is InChI=1S/C15H20O/c1-2-3-4-6-11-15(13-16)12-14-9-7-5-8-10-14/h5,7-10,12-13H,2-4,6,11H2,1H3/b15-12+/i5D,7D,8D,9D,10D. The van der Waals surface area contributed by atoms with Crippen LogP contribution in [0.4, 0.5) is 0 Å². The molecule has 0 aliphatic rings. The van der Waals surface area contributed by atoms with Gasteiger partial charge in [0.25, 0.3) is 0 Å². The molecule has 0 amide bonds. The molecule has 0 atom stereocenters. The molecule has 86 valence electrons. The molecule has 0 radical (unpaired) electrons. The summed E-state index contributed by atoms with van der Waals surface area (Å²) < 4.78 is 38.4. The van der Waals surface area contributed by atoms with Gasteiger partial charge in [-0.15, -0.1) is 0 Å². The molecule has 0 spiro atoms. The van der Waals surface area contributed by atoms with Crippen LogP contribution in [0.3, 0.4) is 0 Å². The van der Waals surface area contributed by atoms with Crippen LogP contribution in [0.5, 0.6) is 0 Å². The number of hydrogen-bond acceptors (Lipinski definition) is 1. The molecule has 1 aromatic carbocycles. The second-order valence-electron chi connectivity index (χ2n) is 3.69. The number of aldehydes is 1. The summed E-state index contributed by atoms with van der Waals surface area (Å²) in [6.07, 6.45) is 6.75. The Balaban J connectivity index is 3.09. The fraction of sp³-hybridized carbons (Fsp3) is 0.400. The van der Waals surface area contributed by atoms with Gasteiger partial charge in [0.05, 0.1) is 6.85 Å². The predicted octanol–water partition coefficient (Wildman–Crippen LogP) is 4.24. The van der Waals surface area contributed by atoms with Crippen LogP contribution < -0.4 is 0 Å². The van der Waals surface area contributed by atoms with Crippen molar-refractivity contribution in [3.8, 4) is 0 Å². The van der Waals surface area contributed by atoms with Gasteiger partial charge in [0, 0.05) is 0 Å². The van der Waals surface area contributed by atoms with Gasteiger partial charge in [0.15, 0.2) is 0 Å². The quantitative estimate of drug-likeness (QED) is 0.382. The summed E-state index contributed by atoms with van der Waals surface area (Å²) >= 11 is 0. The minimum absolute atomic E-state index is 0.0820. The van der Waals surface area contributed by atoms with Crippen LogP contribution in [0.25, 0.3) is 6.08 Å². The highest BCUT2D eigenvalue weighted by Gasteiger charge is 1.96. The molecule has 0 heterocycles. The van der Waals surface area contributed by atoms with Gasteiger partial charge in [-0.1, -0.05) is 56.4 Å². The smallest absolute Gasteiger partial charge is 0.146 e. The fourth-order valence-corrected chi connectivity index (χ4v) is 1.44. The van der Waals surface area contributed by atoms with Gasteiger partial charge in [-0.25, -0.2) is 0 Å². The van der Waals surface area contributed by atoms with Crippen LogP contribution >= 0.6 is 0 Å². The normalized spacial score (nSPS) is 15.8. The Kier molecular flexibility index (Phi) is 3.47. The van der Waals surface area contributed by atoms with Crippen molar-refractivity contribution in [3.05, 3.63) is 41.3 Å². The fourth-order valence-electron chi connectivity index (χ4n) is 1.44. The van der Waals surface area contributed by atoms with Crippen molar-refractivity contribution in [2.75, 3.05) is 0 Å². The Bertz CT molecular complexity index is 522. The first-order valence-corrected chi connectivity index (χ1v) is 5.66. The first-order valence-electron chi connectivity index (χ1n) is 8.16. The zero-order chi connectivity index (χ0) is 16.0. The Labute approximate surface area is 105 Å². The van der Waals surface area contributed by atoms with E-state index in [4.69, 9.17) is 6.85 Å². The van der Waals surface area contributed by atoms with Gasteiger partial charge in [-0.3, -0.25) is 4.79 Å². The third-order valence-electron chi connectivity index (χ3n) is 2.32. The molecule has 0 aromatic heterocycles. The van der Waals surface area contributed by atoms with Gasteiger partial charge in [-0.2, -0.15) is 0 Å². The highest BCUT2D eigenvalue weighted by atomic mass is 16.1. The van der Waals surface area contributed by atoms with E-state index in [-0.39, 0.29) is 29.7 Å². The summed E-state index contributed by atoms with van der Waals surface area (Å²) in [6, 6.07) is -1.71. The zero-order valence-corrected chi connectivity index (χ0v) is 9.60. The van der Waals surface area contributed by atoms with Crippen LogP contribution in [0.1, 0.15) is 51.4 Å². The number of benzene rings is 1. The molecule has 0 N–H and O–H groups in total. The molecular weight excluding hydrogens is 196 g/mol. The van der Waals surface area contributed by atoms with Crippen molar-refractivity contribution in [1.82, 2.24) is 0 Å². The summed E-state index contributed by atoms with van der Waals surface area (Å²) in [5, 5.41) is 0. The SMILES string of the molecule is [2H]c1c([2H])c([2H])c(/C=C(/C=O)CCCCCC)c([2H])c1[2H]. The average Bonchev–Trinajstić information content (AvgIpc) is 2.49. The van der Waals surface area contributed by atoms with Crippen molar-refractivity contribution in [1.29, 1.82) is 0 Å². The van der Waals surface area contributed by atoms with Crippen molar-refractivity contribution in [2.45, 2.75) is 39.0 Å². The predicted molar refractivity (Wildman–Crippen MR) is 69.2 cm³/mol. The monoisotopic (exact) mass is 221 g/mol. The molecule has 1 aromatic rings. The lowest BCUT2D eigenvalue weighted by Gasteiger charge is -2.00. The van der Waals surface area contributed by atoms with Crippen LogP contribution in [-0.2, 0) is 4.79 Å². The second-order valence-corrected chi connectivity index (χ2v) is 3.69. The lowest BCUT2D eigenvalue weighted by molar-refractivity contribution is -0.105. The lowest BCUT2D eigenvalue weighted by atomic mass is 10.0. The first-order chi connectivity index (χ1) is 9.93. The second kappa shape index (κ2) is 7.86. The number of carbonyl (C=O) groups is 1. The summed E-state index contributed by atoms with van der Waals surface area (Å²) in [4.78, 5) is 11.1. The van der Waals surface area contributed by atoms with E-state index in [0.717, 1.165) is 25.7 Å². The third kappa shape index (κ3) is 4.92. The summed E-state index contributed by atoms with van der Waals surface area (Å²) in [5.41, 5.74) is 0.545. The van der Waals surface area contributed by atoms with Crippen molar-refractivity contribution < 1.29 is 11.6 Å². The van der Waals surface area contributed by atoms with E-state index in [1.165, 1.54) is 6.08 Å². The van der Waals surface area contributed by atoms with Crippen molar-refractivity contribution in [3.63, 3.8) is 0 Å². The van der Waals surface area contributed by atoms with E-state index >= 15 is 0 Å². The van der Waals surface area contributed by atoms with Gasteiger partial charge in [0.2, 0.25) is 0 Å². The van der Waals surface area contributed by atoms with Gasteiger partial charge in [-0.05, 0) is 30.1 Å². The maximum atomic E-state index is 11.1. The molecule has 16 heavy (non-hydrogen) atoms. The van der Waals surface area contributed by atoms with E-state index in [0.29, 0.717) is 18.3 Å². The molecule has 0 bridgehead atoms. The third-order valence-corrected chi connectivity index (χ3v) is 2.32. The van der Waals surface area contributed by atoms with Gasteiger partial charge >= 0.3 is 0 Å². The number of allylic oxidation sites excluding steroid dienone is 1. The van der Waals surface area contributed by atoms with Gasteiger partial charge in [0.1, 0.15) is 6.29 Å². The highest BCUT2D eigenvalue weighted by molar-refractivity contribution is 5.81. The molecular formula is C15H20O. The molecule has 1 nitrogen and oxygen atoms in total. The van der Waals surface area contributed by atoms with E-state index in [9.17, 15) is 4.79 Å². The highest BCUT2D eigenvalue weighted by Crippen LogP contribution is 2.12. The van der Waals surface area contributed by atoms with Crippen molar-refractivity contribution >= 4 is 12.4 Å². The van der Waals surface area contributed by atoms with Crippen LogP contribution in [0.15, 0.2) is 35.8 Å². The van der Waals surface area contributed by atoms with E-state index in [2.05, 4.69) is 6.92 Å². The Morgan fingerprint density at radius 3 is 2.62 bits per heavy atom. The number of rotatable bonds is 7.